The molecule has 1 amide bonds. The molecule has 5 heteroatoms. The van der Waals surface area contributed by atoms with Crippen molar-refractivity contribution in [2.45, 2.75) is 38.6 Å². The molecule has 5 nitrogen and oxygen atoms in total. The van der Waals surface area contributed by atoms with Crippen LogP contribution in [0.15, 0.2) is 18.2 Å². The van der Waals surface area contributed by atoms with E-state index in [1.807, 2.05) is 32.2 Å². The standard InChI is InChI=1S/C17H22N4O/c1-13-5-3-7-15(19-13)21-10-4-6-14(11-21)20(2)16(22)17(12-18)8-9-17/h3,5,7,14H,4,6,8-11H2,1-2H3. The van der Waals surface area contributed by atoms with E-state index in [1.165, 1.54) is 0 Å². The van der Waals surface area contributed by atoms with Gasteiger partial charge in [0.25, 0.3) is 0 Å². The van der Waals surface area contributed by atoms with E-state index in [0.29, 0.717) is 12.8 Å². The Morgan fingerprint density at radius 1 is 1.50 bits per heavy atom. The number of rotatable bonds is 3. The maximum atomic E-state index is 12.5. The first kappa shape index (κ1) is 14.8. The normalized spacial score (nSPS) is 22.8. The van der Waals surface area contributed by atoms with Gasteiger partial charge in [-0.2, -0.15) is 5.26 Å². The Morgan fingerprint density at radius 2 is 2.27 bits per heavy atom. The summed E-state index contributed by atoms with van der Waals surface area (Å²) in [5.41, 5.74) is 0.281. The molecule has 0 radical (unpaired) electrons. The van der Waals surface area contributed by atoms with Crippen LogP contribution in [-0.2, 0) is 4.79 Å². The molecule has 0 N–H and O–H groups in total. The summed E-state index contributed by atoms with van der Waals surface area (Å²) in [7, 11) is 1.84. The lowest BCUT2D eigenvalue weighted by Crippen LogP contribution is -2.50. The van der Waals surface area contributed by atoms with Crippen LogP contribution in [0.5, 0.6) is 0 Å². The molecular formula is C17H22N4O. The third-order valence-corrected chi connectivity index (χ3v) is 4.84. The van der Waals surface area contributed by atoms with Crippen molar-refractivity contribution in [3.63, 3.8) is 0 Å². The number of hydrogen-bond acceptors (Lipinski definition) is 4. The highest BCUT2D eigenvalue weighted by atomic mass is 16.2. The summed E-state index contributed by atoms with van der Waals surface area (Å²) in [6.07, 6.45) is 3.45. The van der Waals surface area contributed by atoms with Gasteiger partial charge in [0.1, 0.15) is 11.2 Å². The van der Waals surface area contributed by atoms with Gasteiger partial charge in [-0.25, -0.2) is 4.98 Å². The highest BCUT2D eigenvalue weighted by Crippen LogP contribution is 2.46. The fraction of sp³-hybridized carbons (Fsp3) is 0.588. The van der Waals surface area contributed by atoms with Crippen LogP contribution in [0.25, 0.3) is 0 Å². The van der Waals surface area contributed by atoms with Gasteiger partial charge in [-0.1, -0.05) is 6.07 Å². The maximum Gasteiger partial charge on any atom is 0.243 e. The summed E-state index contributed by atoms with van der Waals surface area (Å²) in [6.45, 7) is 3.75. The maximum absolute atomic E-state index is 12.5. The number of aromatic nitrogens is 1. The summed E-state index contributed by atoms with van der Waals surface area (Å²) < 4.78 is 0. The second-order valence-electron chi connectivity index (χ2n) is 6.49. The zero-order valence-electron chi connectivity index (χ0n) is 13.2. The average Bonchev–Trinajstić information content (AvgIpc) is 3.35. The van der Waals surface area contributed by atoms with Crippen molar-refractivity contribution < 1.29 is 4.79 Å². The molecule has 1 aromatic heterocycles. The summed E-state index contributed by atoms with van der Waals surface area (Å²) >= 11 is 0. The van der Waals surface area contributed by atoms with E-state index < -0.39 is 5.41 Å². The van der Waals surface area contributed by atoms with Crippen molar-refractivity contribution in [1.82, 2.24) is 9.88 Å². The van der Waals surface area contributed by atoms with Crippen molar-refractivity contribution in [2.75, 3.05) is 25.0 Å². The minimum atomic E-state index is -0.724. The van der Waals surface area contributed by atoms with E-state index in [2.05, 4.69) is 16.0 Å². The average molecular weight is 298 g/mol. The lowest BCUT2D eigenvalue weighted by molar-refractivity contribution is -0.135. The number of hydrogen-bond donors (Lipinski definition) is 0. The SMILES string of the molecule is Cc1cccc(N2CCCC(N(C)C(=O)C3(C#N)CC3)C2)n1. The zero-order chi connectivity index (χ0) is 15.7. The molecule has 3 rings (SSSR count). The Hall–Kier alpha value is -2.09. The van der Waals surface area contributed by atoms with Gasteiger partial charge in [0.2, 0.25) is 5.91 Å². The molecule has 1 aromatic rings. The molecule has 22 heavy (non-hydrogen) atoms. The van der Waals surface area contributed by atoms with E-state index in [0.717, 1.165) is 37.4 Å². The Morgan fingerprint density at radius 3 is 2.91 bits per heavy atom. The number of amides is 1. The lowest BCUT2D eigenvalue weighted by Gasteiger charge is -2.39. The Kier molecular flexibility index (Phi) is 3.78. The molecule has 0 aromatic carbocycles. The number of pyridine rings is 1. The molecule has 1 atom stereocenters. The minimum Gasteiger partial charge on any atom is -0.355 e. The molecule has 2 heterocycles. The van der Waals surface area contributed by atoms with Crippen LogP contribution in [0.3, 0.4) is 0 Å². The fourth-order valence-corrected chi connectivity index (χ4v) is 3.19. The molecule has 1 unspecified atom stereocenters. The number of aryl methyl sites for hydroxylation is 1. The van der Waals surface area contributed by atoms with Crippen LogP contribution in [0.4, 0.5) is 5.82 Å². The van der Waals surface area contributed by atoms with Crippen LogP contribution >= 0.6 is 0 Å². The summed E-state index contributed by atoms with van der Waals surface area (Å²) in [5.74, 6) is 0.978. The molecule has 1 saturated carbocycles. The molecule has 0 bridgehead atoms. The first-order valence-corrected chi connectivity index (χ1v) is 7.93. The van der Waals surface area contributed by atoms with Crippen molar-refractivity contribution in [3.8, 4) is 6.07 Å². The summed E-state index contributed by atoms with van der Waals surface area (Å²) in [4.78, 5) is 21.2. The van der Waals surface area contributed by atoms with E-state index in [1.54, 1.807) is 4.90 Å². The van der Waals surface area contributed by atoms with E-state index >= 15 is 0 Å². The predicted octanol–water partition coefficient (Wildman–Crippen LogP) is 2.12. The molecule has 1 aliphatic heterocycles. The Balaban J connectivity index is 1.71. The van der Waals surface area contributed by atoms with Gasteiger partial charge in [0.15, 0.2) is 0 Å². The van der Waals surface area contributed by atoms with Gasteiger partial charge in [0.05, 0.1) is 6.07 Å². The third kappa shape index (κ3) is 2.66. The van der Waals surface area contributed by atoms with Crippen molar-refractivity contribution in [3.05, 3.63) is 23.9 Å². The molecule has 2 fully saturated rings. The van der Waals surface area contributed by atoms with Crippen molar-refractivity contribution in [2.24, 2.45) is 5.41 Å². The van der Waals surface area contributed by atoms with Gasteiger partial charge in [-0.05, 0) is 44.7 Å². The van der Waals surface area contributed by atoms with Gasteiger partial charge in [-0.3, -0.25) is 4.79 Å². The van der Waals surface area contributed by atoms with Gasteiger partial charge < -0.3 is 9.80 Å². The Labute approximate surface area is 131 Å². The number of nitrogens with zero attached hydrogens (tertiary/aromatic N) is 4. The number of carbonyl (C=O) groups excluding carboxylic acids is 1. The number of anilines is 1. The third-order valence-electron chi connectivity index (χ3n) is 4.84. The second-order valence-corrected chi connectivity index (χ2v) is 6.49. The first-order chi connectivity index (χ1) is 10.6. The number of nitriles is 1. The summed E-state index contributed by atoms with van der Waals surface area (Å²) in [5, 5.41) is 9.22. The van der Waals surface area contributed by atoms with Crippen LogP contribution in [-0.4, -0.2) is 42.0 Å². The molecule has 0 spiro atoms. The zero-order valence-corrected chi connectivity index (χ0v) is 13.2. The number of likely N-dealkylation sites (N-methyl/N-ethyl adjacent to an activating group) is 1. The molecule has 1 saturated heterocycles. The smallest absolute Gasteiger partial charge is 0.243 e. The van der Waals surface area contributed by atoms with Gasteiger partial charge in [0, 0.05) is 31.9 Å². The van der Waals surface area contributed by atoms with Gasteiger partial charge in [-0.15, -0.1) is 0 Å². The van der Waals surface area contributed by atoms with Crippen LogP contribution in [0.1, 0.15) is 31.4 Å². The first-order valence-electron chi connectivity index (χ1n) is 7.93. The molecule has 116 valence electrons. The van der Waals surface area contributed by atoms with Crippen molar-refractivity contribution in [1.29, 1.82) is 5.26 Å². The van der Waals surface area contributed by atoms with Crippen LogP contribution in [0.2, 0.25) is 0 Å². The minimum absolute atomic E-state index is 0.000878. The van der Waals surface area contributed by atoms with E-state index in [-0.39, 0.29) is 11.9 Å². The molecule has 2 aliphatic rings. The van der Waals surface area contributed by atoms with E-state index in [4.69, 9.17) is 0 Å². The van der Waals surface area contributed by atoms with Crippen LogP contribution < -0.4 is 4.90 Å². The largest absolute Gasteiger partial charge is 0.355 e. The predicted molar refractivity (Wildman–Crippen MR) is 84.3 cm³/mol. The van der Waals surface area contributed by atoms with Crippen LogP contribution in [0, 0.1) is 23.7 Å². The topological polar surface area (TPSA) is 60.2 Å². The number of carbonyl (C=O) groups is 1. The van der Waals surface area contributed by atoms with E-state index in [9.17, 15) is 10.1 Å². The van der Waals surface area contributed by atoms with Crippen molar-refractivity contribution >= 4 is 11.7 Å². The fourth-order valence-electron chi connectivity index (χ4n) is 3.19. The highest BCUT2D eigenvalue weighted by Gasteiger charge is 2.52. The number of piperidine rings is 1. The highest BCUT2D eigenvalue weighted by molar-refractivity contribution is 5.88. The summed E-state index contributed by atoms with van der Waals surface area (Å²) in [6, 6.07) is 8.40. The second kappa shape index (κ2) is 5.60. The van der Waals surface area contributed by atoms with Gasteiger partial charge >= 0.3 is 0 Å². The Bertz CT molecular complexity index is 617. The monoisotopic (exact) mass is 298 g/mol. The lowest BCUT2D eigenvalue weighted by atomic mass is 10.0. The quantitative estimate of drug-likeness (QED) is 0.857. The molecule has 1 aliphatic carbocycles. The molecular weight excluding hydrogens is 276 g/mol.